The van der Waals surface area contributed by atoms with Crippen LogP contribution in [0.1, 0.15) is 18.6 Å². The van der Waals surface area contributed by atoms with Crippen molar-refractivity contribution in [2.24, 2.45) is 0 Å². The molecule has 0 aromatic heterocycles. The molecule has 0 unspecified atom stereocenters. The van der Waals surface area contributed by atoms with E-state index in [1.165, 1.54) is 22.5 Å². The molecule has 1 fully saturated rings. The quantitative estimate of drug-likeness (QED) is 0.661. The summed E-state index contributed by atoms with van der Waals surface area (Å²) < 4.78 is 45.8. The lowest BCUT2D eigenvalue weighted by Crippen LogP contribution is -2.50. The van der Waals surface area contributed by atoms with E-state index >= 15 is 0 Å². The molecular formula is C21H26ClFN2O4S. The average molecular weight is 457 g/mol. The Morgan fingerprint density at radius 3 is 2.43 bits per heavy atom. The Labute approximate surface area is 181 Å². The fourth-order valence-corrected chi connectivity index (χ4v) is 4.95. The minimum atomic E-state index is -3.72. The minimum Gasteiger partial charge on any atom is -0.389 e. The molecule has 3 rings (SSSR count). The second-order valence-corrected chi connectivity index (χ2v) is 9.72. The number of β-amino-alcohol motifs (C(OH)–C–C–N with tert-alkyl or cyclic N) is 1. The van der Waals surface area contributed by atoms with Gasteiger partial charge in [0, 0.05) is 37.7 Å². The van der Waals surface area contributed by atoms with Crippen molar-refractivity contribution in [2.75, 3.05) is 39.3 Å². The number of rotatable bonds is 8. The van der Waals surface area contributed by atoms with Crippen molar-refractivity contribution in [1.82, 2.24) is 9.21 Å². The van der Waals surface area contributed by atoms with Crippen LogP contribution in [-0.2, 0) is 14.8 Å². The van der Waals surface area contributed by atoms with Crippen molar-refractivity contribution < 1.29 is 22.7 Å². The summed E-state index contributed by atoms with van der Waals surface area (Å²) in [5.41, 5.74) is 0.975. The van der Waals surface area contributed by atoms with E-state index in [1.54, 1.807) is 12.1 Å². The Kier molecular flexibility index (Phi) is 7.84. The van der Waals surface area contributed by atoms with Crippen molar-refractivity contribution >= 4 is 21.6 Å². The first kappa shape index (κ1) is 23.1. The van der Waals surface area contributed by atoms with Crippen LogP contribution in [0.15, 0.2) is 53.4 Å². The van der Waals surface area contributed by atoms with E-state index in [1.807, 2.05) is 24.0 Å². The van der Waals surface area contributed by atoms with E-state index in [4.69, 9.17) is 16.3 Å². The standard InChI is InChI=1S/C21H26ClFN2O4S/c1-16(17-5-7-18(22)8-6-17)29-15-20(26)14-24-9-11-25(12-10-24)30(27,28)21-4-2-3-19(23)13-21/h2-8,13,16,20,26H,9-12,14-15H2,1H3/t16-,20-/m0/s1. The molecule has 0 bridgehead atoms. The van der Waals surface area contributed by atoms with E-state index in [0.29, 0.717) is 24.7 Å². The number of hydrogen-bond acceptors (Lipinski definition) is 5. The minimum absolute atomic E-state index is 0.0411. The normalized spacial score (nSPS) is 18.3. The number of aliphatic hydroxyl groups is 1. The molecular weight excluding hydrogens is 431 g/mol. The maximum atomic E-state index is 13.4. The van der Waals surface area contributed by atoms with Gasteiger partial charge in [0.25, 0.3) is 0 Å². The zero-order chi connectivity index (χ0) is 21.7. The van der Waals surface area contributed by atoms with Gasteiger partial charge in [-0.1, -0.05) is 29.8 Å². The maximum Gasteiger partial charge on any atom is 0.243 e. The van der Waals surface area contributed by atoms with Gasteiger partial charge in [-0.05, 0) is 42.8 Å². The Bertz CT molecular complexity index is 934. The van der Waals surface area contributed by atoms with E-state index in [-0.39, 0.29) is 30.7 Å². The number of sulfonamides is 1. The fourth-order valence-electron chi connectivity index (χ4n) is 3.37. The van der Waals surface area contributed by atoms with Gasteiger partial charge >= 0.3 is 0 Å². The van der Waals surface area contributed by atoms with Crippen molar-refractivity contribution in [3.05, 3.63) is 64.9 Å². The maximum absolute atomic E-state index is 13.4. The second kappa shape index (κ2) is 10.2. The molecule has 0 amide bonds. The average Bonchev–Trinajstić information content (AvgIpc) is 2.73. The van der Waals surface area contributed by atoms with Gasteiger partial charge in [-0.2, -0.15) is 4.31 Å². The predicted molar refractivity (Wildman–Crippen MR) is 113 cm³/mol. The first-order valence-corrected chi connectivity index (χ1v) is 11.6. The van der Waals surface area contributed by atoms with Gasteiger partial charge in [0.05, 0.1) is 23.7 Å². The molecule has 1 aliphatic heterocycles. The number of piperazine rings is 1. The summed E-state index contributed by atoms with van der Waals surface area (Å²) in [5, 5.41) is 11.0. The first-order valence-electron chi connectivity index (χ1n) is 9.79. The Hall–Kier alpha value is -1.55. The summed E-state index contributed by atoms with van der Waals surface area (Å²) in [7, 11) is -3.72. The molecule has 6 nitrogen and oxygen atoms in total. The molecule has 0 aliphatic carbocycles. The highest BCUT2D eigenvalue weighted by Crippen LogP contribution is 2.20. The van der Waals surface area contributed by atoms with Crippen LogP contribution in [0.25, 0.3) is 0 Å². The second-order valence-electron chi connectivity index (χ2n) is 7.34. The van der Waals surface area contributed by atoms with E-state index in [9.17, 15) is 17.9 Å². The number of ether oxygens (including phenoxy) is 1. The van der Waals surface area contributed by atoms with Crippen LogP contribution in [0.4, 0.5) is 4.39 Å². The Morgan fingerprint density at radius 1 is 1.13 bits per heavy atom. The predicted octanol–water partition coefficient (Wildman–Crippen LogP) is 2.92. The zero-order valence-electron chi connectivity index (χ0n) is 16.7. The van der Waals surface area contributed by atoms with Crippen LogP contribution in [0.3, 0.4) is 0 Å². The molecule has 2 aromatic carbocycles. The first-order chi connectivity index (χ1) is 14.3. The van der Waals surface area contributed by atoms with Crippen LogP contribution in [0.2, 0.25) is 5.02 Å². The van der Waals surface area contributed by atoms with Crippen LogP contribution in [0.5, 0.6) is 0 Å². The summed E-state index contributed by atoms with van der Waals surface area (Å²) in [5.74, 6) is -0.578. The van der Waals surface area contributed by atoms with Gasteiger partial charge in [0.2, 0.25) is 10.0 Å². The molecule has 9 heteroatoms. The lowest BCUT2D eigenvalue weighted by atomic mass is 10.1. The van der Waals surface area contributed by atoms with Crippen LogP contribution < -0.4 is 0 Å². The molecule has 164 valence electrons. The van der Waals surface area contributed by atoms with Crippen molar-refractivity contribution in [3.8, 4) is 0 Å². The van der Waals surface area contributed by atoms with Gasteiger partial charge < -0.3 is 9.84 Å². The number of aliphatic hydroxyl groups excluding tert-OH is 1. The lowest BCUT2D eigenvalue weighted by Gasteiger charge is -2.35. The van der Waals surface area contributed by atoms with Crippen LogP contribution in [-0.4, -0.2) is 68.2 Å². The summed E-state index contributed by atoms with van der Waals surface area (Å²) in [6.07, 6.45) is -0.865. The third-order valence-corrected chi connectivity index (χ3v) is 7.26. The highest BCUT2D eigenvalue weighted by atomic mass is 35.5. The highest BCUT2D eigenvalue weighted by molar-refractivity contribution is 7.89. The molecule has 2 atom stereocenters. The van der Waals surface area contributed by atoms with Gasteiger partial charge in [0.15, 0.2) is 0 Å². The summed E-state index contributed by atoms with van der Waals surface area (Å²) in [4.78, 5) is 1.96. The summed E-state index contributed by atoms with van der Waals surface area (Å²) >= 11 is 5.89. The van der Waals surface area contributed by atoms with Gasteiger partial charge in [0.1, 0.15) is 5.82 Å². The fraction of sp³-hybridized carbons (Fsp3) is 0.429. The number of nitrogens with zero attached hydrogens (tertiary/aromatic N) is 2. The summed E-state index contributed by atoms with van der Waals surface area (Å²) in [6, 6.07) is 12.4. The molecule has 1 saturated heterocycles. The molecule has 1 N–H and O–H groups in total. The Morgan fingerprint density at radius 2 is 1.80 bits per heavy atom. The molecule has 30 heavy (non-hydrogen) atoms. The van der Waals surface area contributed by atoms with Crippen molar-refractivity contribution in [2.45, 2.75) is 24.0 Å². The molecule has 0 spiro atoms. The topological polar surface area (TPSA) is 70.1 Å². The third kappa shape index (κ3) is 6.00. The molecule has 2 aromatic rings. The third-order valence-electron chi connectivity index (χ3n) is 5.11. The molecule has 0 saturated carbocycles. The molecule has 0 radical (unpaired) electrons. The van der Waals surface area contributed by atoms with Gasteiger partial charge in [-0.25, -0.2) is 12.8 Å². The van der Waals surface area contributed by atoms with Crippen LogP contribution in [0, 0.1) is 5.82 Å². The Balaban J connectivity index is 1.45. The number of benzene rings is 2. The van der Waals surface area contributed by atoms with E-state index < -0.39 is 21.9 Å². The molecule has 1 heterocycles. The van der Waals surface area contributed by atoms with Gasteiger partial charge in [-0.3, -0.25) is 4.90 Å². The smallest absolute Gasteiger partial charge is 0.243 e. The summed E-state index contributed by atoms with van der Waals surface area (Å²) in [6.45, 7) is 4.01. The largest absolute Gasteiger partial charge is 0.389 e. The van der Waals surface area contributed by atoms with Crippen molar-refractivity contribution in [1.29, 1.82) is 0 Å². The van der Waals surface area contributed by atoms with Gasteiger partial charge in [-0.15, -0.1) is 0 Å². The SMILES string of the molecule is C[C@H](OC[C@@H](O)CN1CCN(S(=O)(=O)c2cccc(F)c2)CC1)c1ccc(Cl)cc1. The highest BCUT2D eigenvalue weighted by Gasteiger charge is 2.29. The lowest BCUT2D eigenvalue weighted by molar-refractivity contribution is -0.0186. The zero-order valence-corrected chi connectivity index (χ0v) is 18.3. The molecule has 1 aliphatic rings. The van der Waals surface area contributed by atoms with Crippen LogP contribution >= 0.6 is 11.6 Å². The van der Waals surface area contributed by atoms with Crippen molar-refractivity contribution in [3.63, 3.8) is 0 Å². The monoisotopic (exact) mass is 456 g/mol. The van der Waals surface area contributed by atoms with E-state index in [2.05, 4.69) is 0 Å². The number of hydrogen-bond donors (Lipinski definition) is 1. The van der Waals surface area contributed by atoms with E-state index in [0.717, 1.165) is 11.6 Å². The number of halogens is 2.